The topological polar surface area (TPSA) is 26.3 Å². The zero-order valence-electron chi connectivity index (χ0n) is 10.9. The number of rotatable bonds is 3. The van der Waals surface area contributed by atoms with Gasteiger partial charge in [-0.3, -0.25) is 0 Å². The van der Waals surface area contributed by atoms with E-state index >= 15 is 0 Å². The fraction of sp³-hybridized carbons (Fsp3) is 0.188. The van der Waals surface area contributed by atoms with E-state index in [-0.39, 0.29) is 0 Å². The van der Waals surface area contributed by atoms with Crippen LogP contribution in [-0.4, -0.2) is 15.7 Å². The SMILES string of the molecule is O=C1O[C@@H](Sc2ccccc2)[C@H](c2ccccc2)C1(Cl)Cl. The molecule has 1 fully saturated rings. The van der Waals surface area contributed by atoms with E-state index in [1.54, 1.807) is 0 Å². The highest BCUT2D eigenvalue weighted by molar-refractivity contribution is 7.99. The molecular formula is C16H12Cl2O2S. The van der Waals surface area contributed by atoms with Crippen LogP contribution in [0.15, 0.2) is 65.6 Å². The lowest BCUT2D eigenvalue weighted by molar-refractivity contribution is -0.139. The van der Waals surface area contributed by atoms with Crippen LogP contribution >= 0.6 is 35.0 Å². The van der Waals surface area contributed by atoms with Crippen molar-refractivity contribution >= 4 is 40.9 Å². The summed E-state index contributed by atoms with van der Waals surface area (Å²) in [4.78, 5) is 13.0. The van der Waals surface area contributed by atoms with E-state index in [4.69, 9.17) is 27.9 Å². The molecule has 108 valence electrons. The molecule has 0 spiro atoms. The Balaban J connectivity index is 1.93. The molecule has 1 saturated heterocycles. The number of esters is 1. The van der Waals surface area contributed by atoms with Crippen LogP contribution in [0.1, 0.15) is 11.5 Å². The Labute approximate surface area is 137 Å². The number of cyclic esters (lactones) is 1. The van der Waals surface area contributed by atoms with Gasteiger partial charge < -0.3 is 4.74 Å². The monoisotopic (exact) mass is 338 g/mol. The molecule has 1 aliphatic rings. The van der Waals surface area contributed by atoms with E-state index in [2.05, 4.69) is 0 Å². The fourth-order valence-corrected chi connectivity index (χ4v) is 4.24. The summed E-state index contributed by atoms with van der Waals surface area (Å²) in [5.41, 5.74) is 0.444. The minimum absolute atomic E-state index is 0.417. The molecule has 21 heavy (non-hydrogen) atoms. The number of hydrogen-bond donors (Lipinski definition) is 0. The average Bonchev–Trinajstić information content (AvgIpc) is 2.70. The summed E-state index contributed by atoms with van der Waals surface area (Å²) in [5.74, 6) is -1.01. The zero-order valence-corrected chi connectivity index (χ0v) is 13.2. The summed E-state index contributed by atoms with van der Waals surface area (Å²) < 4.78 is 3.85. The minimum atomic E-state index is -1.56. The Hall–Kier alpha value is -1.16. The van der Waals surface area contributed by atoms with Crippen LogP contribution in [0, 0.1) is 0 Å². The first-order valence-electron chi connectivity index (χ1n) is 6.44. The molecule has 0 amide bonds. The van der Waals surface area contributed by atoms with Crippen molar-refractivity contribution in [2.75, 3.05) is 0 Å². The van der Waals surface area contributed by atoms with Crippen molar-refractivity contribution < 1.29 is 9.53 Å². The highest BCUT2D eigenvalue weighted by Crippen LogP contribution is 2.52. The highest BCUT2D eigenvalue weighted by Gasteiger charge is 2.56. The lowest BCUT2D eigenvalue weighted by atomic mass is 9.97. The molecule has 0 saturated carbocycles. The second-order valence-corrected chi connectivity index (χ2v) is 7.27. The molecule has 0 radical (unpaired) electrons. The second-order valence-electron chi connectivity index (χ2n) is 4.72. The Morgan fingerprint density at radius 3 is 2.14 bits per heavy atom. The first-order valence-corrected chi connectivity index (χ1v) is 8.08. The number of hydrogen-bond acceptors (Lipinski definition) is 3. The fourth-order valence-electron chi connectivity index (χ4n) is 2.30. The second kappa shape index (κ2) is 5.91. The number of alkyl halides is 2. The van der Waals surface area contributed by atoms with E-state index < -0.39 is 21.7 Å². The minimum Gasteiger partial charge on any atom is -0.448 e. The van der Waals surface area contributed by atoms with Crippen molar-refractivity contribution in [2.24, 2.45) is 0 Å². The molecule has 2 atom stereocenters. The molecule has 2 aromatic rings. The third-order valence-corrected chi connectivity index (χ3v) is 5.24. The summed E-state index contributed by atoms with van der Waals surface area (Å²) in [5, 5.41) is 0. The van der Waals surface area contributed by atoms with Crippen LogP contribution < -0.4 is 0 Å². The van der Waals surface area contributed by atoms with E-state index in [1.165, 1.54) is 11.8 Å². The summed E-state index contributed by atoms with van der Waals surface area (Å²) in [6.45, 7) is 0. The Kier molecular flexibility index (Phi) is 4.16. The van der Waals surface area contributed by atoms with Gasteiger partial charge in [0, 0.05) is 4.90 Å². The van der Waals surface area contributed by atoms with Crippen LogP contribution in [0.25, 0.3) is 0 Å². The lowest BCUT2D eigenvalue weighted by Gasteiger charge is -2.22. The van der Waals surface area contributed by atoms with Gasteiger partial charge in [0.2, 0.25) is 4.33 Å². The standard InChI is InChI=1S/C16H12Cl2O2S/c17-16(18)13(11-7-3-1-4-8-11)14(20-15(16)19)21-12-9-5-2-6-10-12/h1-10,13-14H/t13-,14-/m0/s1. The van der Waals surface area contributed by atoms with Crippen LogP contribution in [-0.2, 0) is 9.53 Å². The summed E-state index contributed by atoms with van der Waals surface area (Å²) in [6.07, 6.45) is 0. The molecule has 0 aliphatic carbocycles. The van der Waals surface area contributed by atoms with Gasteiger partial charge >= 0.3 is 5.97 Å². The predicted octanol–water partition coefficient (Wildman–Crippen LogP) is 4.62. The summed E-state index contributed by atoms with van der Waals surface area (Å²) >= 11 is 14.0. The maximum absolute atomic E-state index is 12.0. The number of benzene rings is 2. The molecule has 3 rings (SSSR count). The highest BCUT2D eigenvalue weighted by atomic mass is 35.5. The number of carbonyl (C=O) groups excluding carboxylic acids is 1. The first kappa shape index (κ1) is 14.8. The third-order valence-electron chi connectivity index (χ3n) is 3.31. The van der Waals surface area contributed by atoms with Crippen molar-refractivity contribution in [1.29, 1.82) is 0 Å². The molecule has 0 unspecified atom stereocenters. The van der Waals surface area contributed by atoms with Gasteiger partial charge in [-0.1, -0.05) is 83.5 Å². The van der Waals surface area contributed by atoms with E-state index in [0.29, 0.717) is 0 Å². The van der Waals surface area contributed by atoms with Gasteiger partial charge in [0.1, 0.15) is 0 Å². The van der Waals surface area contributed by atoms with Gasteiger partial charge in [-0.15, -0.1) is 0 Å². The molecule has 2 nitrogen and oxygen atoms in total. The van der Waals surface area contributed by atoms with Crippen LogP contribution in [0.2, 0.25) is 0 Å². The molecule has 1 aliphatic heterocycles. The maximum Gasteiger partial charge on any atom is 0.344 e. The first-order chi connectivity index (χ1) is 10.1. The number of carbonyl (C=O) groups is 1. The maximum atomic E-state index is 12.0. The lowest BCUT2D eigenvalue weighted by Crippen LogP contribution is -2.27. The molecule has 1 heterocycles. The quantitative estimate of drug-likeness (QED) is 0.603. The van der Waals surface area contributed by atoms with Gasteiger partial charge in [0.15, 0.2) is 5.44 Å². The number of ether oxygens (including phenoxy) is 1. The molecule has 0 aromatic heterocycles. The van der Waals surface area contributed by atoms with Gasteiger partial charge in [-0.25, -0.2) is 4.79 Å². The number of halogens is 2. The van der Waals surface area contributed by atoms with Crippen molar-refractivity contribution in [3.8, 4) is 0 Å². The molecular weight excluding hydrogens is 327 g/mol. The van der Waals surface area contributed by atoms with Gasteiger partial charge in [0.25, 0.3) is 0 Å². The van der Waals surface area contributed by atoms with Gasteiger partial charge in [0.05, 0.1) is 5.92 Å². The Bertz CT molecular complexity index is 631. The van der Waals surface area contributed by atoms with Gasteiger partial charge in [-0.2, -0.15) is 0 Å². The summed E-state index contributed by atoms with van der Waals surface area (Å²) in [6, 6.07) is 19.2. The zero-order chi connectivity index (χ0) is 14.9. The summed E-state index contributed by atoms with van der Waals surface area (Å²) in [7, 11) is 0. The van der Waals surface area contributed by atoms with Crippen LogP contribution in [0.3, 0.4) is 0 Å². The predicted molar refractivity (Wildman–Crippen MR) is 85.8 cm³/mol. The average molecular weight is 339 g/mol. The van der Waals surface area contributed by atoms with Crippen molar-refractivity contribution in [2.45, 2.75) is 20.6 Å². The van der Waals surface area contributed by atoms with Crippen LogP contribution in [0.4, 0.5) is 0 Å². The molecule has 5 heteroatoms. The van der Waals surface area contributed by atoms with Gasteiger partial charge in [-0.05, 0) is 17.7 Å². The number of thioether (sulfide) groups is 1. The van der Waals surface area contributed by atoms with E-state index in [0.717, 1.165) is 10.5 Å². The van der Waals surface area contributed by atoms with E-state index in [9.17, 15) is 4.79 Å². The molecule has 2 aromatic carbocycles. The smallest absolute Gasteiger partial charge is 0.344 e. The Morgan fingerprint density at radius 2 is 1.52 bits per heavy atom. The molecule has 0 bridgehead atoms. The third kappa shape index (κ3) is 2.91. The van der Waals surface area contributed by atoms with Crippen molar-refractivity contribution in [3.05, 3.63) is 66.2 Å². The van der Waals surface area contributed by atoms with Crippen molar-refractivity contribution in [3.63, 3.8) is 0 Å². The van der Waals surface area contributed by atoms with Crippen molar-refractivity contribution in [1.82, 2.24) is 0 Å². The van der Waals surface area contributed by atoms with E-state index in [1.807, 2.05) is 60.7 Å². The molecule has 0 N–H and O–H groups in total. The normalized spacial score (nSPS) is 23.8. The largest absolute Gasteiger partial charge is 0.448 e. The Morgan fingerprint density at radius 1 is 0.952 bits per heavy atom. The van der Waals surface area contributed by atoms with Crippen LogP contribution in [0.5, 0.6) is 0 Å².